The molecule has 0 radical (unpaired) electrons. The number of benzene rings is 1. The lowest BCUT2D eigenvalue weighted by atomic mass is 10.2. The summed E-state index contributed by atoms with van der Waals surface area (Å²) < 4.78 is 39.4. The summed E-state index contributed by atoms with van der Waals surface area (Å²) in [4.78, 5) is 0.163. The van der Waals surface area contributed by atoms with Crippen LogP contribution in [0.1, 0.15) is 12.5 Å². The van der Waals surface area contributed by atoms with Gasteiger partial charge in [-0.05, 0) is 37.6 Å². The molecule has 0 spiro atoms. The van der Waals surface area contributed by atoms with Crippen LogP contribution in [0.2, 0.25) is 0 Å². The number of hydrogen-bond acceptors (Lipinski definition) is 3. The van der Waals surface area contributed by atoms with Crippen LogP contribution in [-0.2, 0) is 10.0 Å². The van der Waals surface area contributed by atoms with E-state index in [1.165, 1.54) is 22.5 Å². The average molecular weight is 272 g/mol. The van der Waals surface area contributed by atoms with E-state index < -0.39 is 10.0 Å². The van der Waals surface area contributed by atoms with Gasteiger partial charge in [0.1, 0.15) is 5.82 Å². The normalized spacial score (nSPS) is 22.1. The van der Waals surface area contributed by atoms with Gasteiger partial charge in [-0.1, -0.05) is 0 Å². The number of aryl methyl sites for hydroxylation is 1. The summed E-state index contributed by atoms with van der Waals surface area (Å²) in [6.45, 7) is 5.04. The number of piperazine rings is 1. The van der Waals surface area contributed by atoms with Crippen molar-refractivity contribution in [3.63, 3.8) is 0 Å². The Morgan fingerprint density at radius 1 is 1.44 bits per heavy atom. The van der Waals surface area contributed by atoms with Crippen molar-refractivity contribution in [3.05, 3.63) is 29.6 Å². The molecule has 0 bridgehead atoms. The predicted octanol–water partition coefficient (Wildman–Crippen LogP) is 1.12. The first-order chi connectivity index (χ1) is 8.41. The molecule has 1 aromatic rings. The minimum absolute atomic E-state index is 0.134. The van der Waals surface area contributed by atoms with Crippen LogP contribution in [0.5, 0.6) is 0 Å². The van der Waals surface area contributed by atoms with E-state index in [9.17, 15) is 12.8 Å². The molecule has 0 saturated carbocycles. The van der Waals surface area contributed by atoms with Gasteiger partial charge in [-0.3, -0.25) is 0 Å². The van der Waals surface area contributed by atoms with Crippen molar-refractivity contribution in [2.75, 3.05) is 19.6 Å². The van der Waals surface area contributed by atoms with Crippen molar-refractivity contribution < 1.29 is 12.8 Å². The Hall–Kier alpha value is -0.980. The Labute approximate surface area is 107 Å². The van der Waals surface area contributed by atoms with Crippen molar-refractivity contribution in [3.8, 4) is 0 Å². The first-order valence-electron chi connectivity index (χ1n) is 5.91. The molecule has 1 N–H and O–H groups in total. The lowest BCUT2D eigenvalue weighted by Crippen LogP contribution is -2.51. The first kappa shape index (κ1) is 13.5. The third kappa shape index (κ3) is 2.55. The Bertz CT molecular complexity index is 545. The molecule has 2 rings (SSSR count). The molecule has 1 aliphatic heterocycles. The van der Waals surface area contributed by atoms with Crippen LogP contribution in [0.3, 0.4) is 0 Å². The van der Waals surface area contributed by atoms with Crippen LogP contribution in [0.4, 0.5) is 4.39 Å². The highest BCUT2D eigenvalue weighted by atomic mass is 32.2. The van der Waals surface area contributed by atoms with Crippen LogP contribution in [0, 0.1) is 12.7 Å². The van der Waals surface area contributed by atoms with Gasteiger partial charge in [0.25, 0.3) is 0 Å². The van der Waals surface area contributed by atoms with E-state index in [2.05, 4.69) is 5.32 Å². The summed E-state index contributed by atoms with van der Waals surface area (Å²) in [5.74, 6) is -0.386. The van der Waals surface area contributed by atoms with E-state index >= 15 is 0 Å². The summed E-state index contributed by atoms with van der Waals surface area (Å²) in [7, 11) is -3.51. The smallest absolute Gasteiger partial charge is 0.243 e. The maximum Gasteiger partial charge on any atom is 0.243 e. The van der Waals surface area contributed by atoms with Gasteiger partial charge >= 0.3 is 0 Å². The van der Waals surface area contributed by atoms with E-state index in [0.29, 0.717) is 25.2 Å². The van der Waals surface area contributed by atoms with Crippen LogP contribution in [-0.4, -0.2) is 38.4 Å². The number of nitrogens with zero attached hydrogens (tertiary/aromatic N) is 1. The zero-order valence-corrected chi connectivity index (χ0v) is 11.3. The Balaban J connectivity index is 2.32. The van der Waals surface area contributed by atoms with E-state index in [0.717, 1.165) is 0 Å². The number of hydrogen-bond donors (Lipinski definition) is 1. The van der Waals surface area contributed by atoms with Crippen molar-refractivity contribution in [2.45, 2.75) is 24.8 Å². The molecule has 1 saturated heterocycles. The molecule has 1 fully saturated rings. The molecular formula is C12H17FN2O2S. The number of sulfonamides is 1. The molecule has 0 aliphatic carbocycles. The maximum absolute atomic E-state index is 13.2. The molecule has 1 aromatic carbocycles. The second-order valence-electron chi connectivity index (χ2n) is 4.63. The predicted molar refractivity (Wildman–Crippen MR) is 67.4 cm³/mol. The fourth-order valence-electron chi connectivity index (χ4n) is 2.04. The summed E-state index contributed by atoms with van der Waals surface area (Å²) in [6, 6.07) is 4.05. The zero-order valence-electron chi connectivity index (χ0n) is 10.5. The van der Waals surface area contributed by atoms with Gasteiger partial charge in [0.2, 0.25) is 10.0 Å². The Kier molecular flexibility index (Phi) is 3.70. The van der Waals surface area contributed by atoms with Crippen molar-refractivity contribution >= 4 is 10.0 Å². The molecule has 1 atom stereocenters. The van der Waals surface area contributed by atoms with Gasteiger partial charge in [0.15, 0.2) is 0 Å². The third-order valence-corrected chi connectivity index (χ3v) is 4.96. The Morgan fingerprint density at radius 2 is 2.17 bits per heavy atom. The summed E-state index contributed by atoms with van der Waals surface area (Å²) in [6.07, 6.45) is 0. The van der Waals surface area contributed by atoms with Crippen LogP contribution < -0.4 is 5.32 Å². The highest BCUT2D eigenvalue weighted by Gasteiger charge is 2.28. The monoisotopic (exact) mass is 272 g/mol. The van der Waals surface area contributed by atoms with Gasteiger partial charge in [0, 0.05) is 25.7 Å². The zero-order chi connectivity index (χ0) is 13.3. The van der Waals surface area contributed by atoms with Crippen LogP contribution in [0.25, 0.3) is 0 Å². The van der Waals surface area contributed by atoms with Crippen molar-refractivity contribution in [2.24, 2.45) is 0 Å². The second-order valence-corrected chi connectivity index (χ2v) is 6.57. The molecule has 6 heteroatoms. The van der Waals surface area contributed by atoms with Gasteiger partial charge in [-0.2, -0.15) is 4.31 Å². The topological polar surface area (TPSA) is 49.4 Å². The summed E-state index contributed by atoms with van der Waals surface area (Å²) in [5.41, 5.74) is 0.347. The standard InChI is InChI=1S/C12H17FN2O2S/c1-9-7-11(3-4-12(9)13)18(16,17)15-6-5-14-10(2)8-15/h3-4,7,10,14H,5-6,8H2,1-2H3/t10-/m0/s1. The highest BCUT2D eigenvalue weighted by Crippen LogP contribution is 2.19. The van der Waals surface area contributed by atoms with Crippen LogP contribution in [0.15, 0.2) is 23.1 Å². The van der Waals surface area contributed by atoms with Crippen molar-refractivity contribution in [1.82, 2.24) is 9.62 Å². The average Bonchev–Trinajstić information content (AvgIpc) is 2.32. The minimum Gasteiger partial charge on any atom is -0.312 e. The molecule has 0 amide bonds. The van der Waals surface area contributed by atoms with Gasteiger partial charge in [0.05, 0.1) is 4.90 Å². The summed E-state index contributed by atoms with van der Waals surface area (Å²) in [5, 5.41) is 3.19. The molecule has 0 aromatic heterocycles. The largest absolute Gasteiger partial charge is 0.312 e. The lowest BCUT2D eigenvalue weighted by Gasteiger charge is -2.31. The maximum atomic E-state index is 13.2. The molecule has 100 valence electrons. The fraction of sp³-hybridized carbons (Fsp3) is 0.500. The molecule has 1 heterocycles. The highest BCUT2D eigenvalue weighted by molar-refractivity contribution is 7.89. The van der Waals surface area contributed by atoms with E-state index in [1.807, 2.05) is 6.92 Å². The number of nitrogens with one attached hydrogen (secondary N) is 1. The molecule has 18 heavy (non-hydrogen) atoms. The SMILES string of the molecule is Cc1cc(S(=O)(=O)N2CCN[C@@H](C)C2)ccc1F. The molecule has 0 unspecified atom stereocenters. The van der Waals surface area contributed by atoms with Gasteiger partial charge in [-0.25, -0.2) is 12.8 Å². The number of halogens is 1. The quantitative estimate of drug-likeness (QED) is 0.877. The van der Waals surface area contributed by atoms with E-state index in [-0.39, 0.29) is 16.8 Å². The van der Waals surface area contributed by atoms with Gasteiger partial charge < -0.3 is 5.32 Å². The summed E-state index contributed by atoms with van der Waals surface area (Å²) >= 11 is 0. The van der Waals surface area contributed by atoms with Crippen molar-refractivity contribution in [1.29, 1.82) is 0 Å². The second kappa shape index (κ2) is 4.95. The van der Waals surface area contributed by atoms with E-state index in [1.54, 1.807) is 6.92 Å². The molecular weight excluding hydrogens is 255 g/mol. The Morgan fingerprint density at radius 3 is 2.78 bits per heavy atom. The number of rotatable bonds is 2. The fourth-order valence-corrected chi connectivity index (χ4v) is 3.66. The van der Waals surface area contributed by atoms with Crippen LogP contribution >= 0.6 is 0 Å². The first-order valence-corrected chi connectivity index (χ1v) is 7.35. The van der Waals surface area contributed by atoms with E-state index in [4.69, 9.17) is 0 Å². The van der Waals surface area contributed by atoms with Gasteiger partial charge in [-0.15, -0.1) is 0 Å². The lowest BCUT2D eigenvalue weighted by molar-refractivity contribution is 0.310. The molecule has 4 nitrogen and oxygen atoms in total. The minimum atomic E-state index is -3.51. The third-order valence-electron chi connectivity index (χ3n) is 3.10. The molecule has 1 aliphatic rings.